The lowest BCUT2D eigenvalue weighted by atomic mass is 10.1. The van der Waals surface area contributed by atoms with Gasteiger partial charge in [0.15, 0.2) is 0 Å². The molecular weight excluding hydrogens is 408 g/mol. The van der Waals surface area contributed by atoms with Gasteiger partial charge in [-0.1, -0.05) is 50.1 Å². The quantitative estimate of drug-likeness (QED) is 0.641. The van der Waals surface area contributed by atoms with Crippen molar-refractivity contribution in [3.63, 3.8) is 0 Å². The summed E-state index contributed by atoms with van der Waals surface area (Å²) < 4.78 is 31.2. The summed E-state index contributed by atoms with van der Waals surface area (Å²) in [7, 11) is 0. The first-order valence-corrected chi connectivity index (χ1v) is 7.81. The number of hydrogen-bond acceptors (Lipinski definition) is 2. The maximum Gasteiger partial charge on any atom is 0.387 e. The fraction of sp³-hybridized carbons (Fsp3) is 0.200. The second-order valence-corrected chi connectivity index (χ2v) is 6.18. The topological polar surface area (TPSA) is 21.3 Å². The molecule has 0 aliphatic rings. The van der Waals surface area contributed by atoms with Crippen LogP contribution in [0.1, 0.15) is 18.5 Å². The Bertz CT molecular complexity index is 622. The number of halogens is 4. The highest BCUT2D eigenvalue weighted by atomic mass is 79.9. The van der Waals surface area contributed by atoms with Crippen LogP contribution >= 0.6 is 31.9 Å². The van der Waals surface area contributed by atoms with Crippen molar-refractivity contribution >= 4 is 37.5 Å². The zero-order chi connectivity index (χ0) is 15.4. The average molecular weight is 421 g/mol. The number of hydrogen-bond donors (Lipinski definition) is 1. The third-order valence-electron chi connectivity index (χ3n) is 2.90. The van der Waals surface area contributed by atoms with E-state index in [1.807, 2.05) is 25.1 Å². The molecule has 0 aliphatic carbocycles. The maximum atomic E-state index is 12.4. The van der Waals surface area contributed by atoms with Crippen molar-refractivity contribution in [2.45, 2.75) is 19.6 Å². The largest absolute Gasteiger partial charge is 0.433 e. The number of alkyl halides is 2. The van der Waals surface area contributed by atoms with Gasteiger partial charge in [0, 0.05) is 15.0 Å². The van der Waals surface area contributed by atoms with Crippen molar-refractivity contribution in [2.24, 2.45) is 0 Å². The first kappa shape index (κ1) is 16.2. The van der Waals surface area contributed by atoms with E-state index < -0.39 is 6.61 Å². The first-order valence-electron chi connectivity index (χ1n) is 6.22. The minimum Gasteiger partial charge on any atom is -0.433 e. The van der Waals surface area contributed by atoms with Gasteiger partial charge in [-0.15, -0.1) is 0 Å². The van der Waals surface area contributed by atoms with E-state index in [-0.39, 0.29) is 11.8 Å². The highest BCUT2D eigenvalue weighted by Gasteiger charge is 2.14. The summed E-state index contributed by atoms with van der Waals surface area (Å²) in [5, 5.41) is 3.19. The van der Waals surface area contributed by atoms with Crippen molar-refractivity contribution in [2.75, 3.05) is 5.32 Å². The molecule has 2 aromatic carbocycles. The molecule has 6 heteroatoms. The number of anilines is 1. The van der Waals surface area contributed by atoms with Gasteiger partial charge in [0.05, 0.1) is 5.69 Å². The standard InChI is InChI=1S/C15H13Br2F2NO/c1-9(11-7-6-10(16)8-12(11)17)20-13-4-2-3-5-14(13)21-15(18)19/h2-9,15,20H,1H3. The van der Waals surface area contributed by atoms with Crippen LogP contribution in [-0.2, 0) is 0 Å². The van der Waals surface area contributed by atoms with E-state index in [0.717, 1.165) is 14.5 Å². The summed E-state index contributed by atoms with van der Waals surface area (Å²) in [5.41, 5.74) is 1.55. The van der Waals surface area contributed by atoms with E-state index in [0.29, 0.717) is 5.69 Å². The molecule has 0 radical (unpaired) electrons. The van der Waals surface area contributed by atoms with E-state index in [9.17, 15) is 8.78 Å². The molecule has 0 fully saturated rings. The molecule has 0 spiro atoms. The Hall–Kier alpha value is -1.14. The second kappa shape index (κ2) is 7.22. The molecule has 21 heavy (non-hydrogen) atoms. The van der Waals surface area contributed by atoms with Crippen LogP contribution in [0.2, 0.25) is 0 Å². The minimum absolute atomic E-state index is 0.0742. The Balaban J connectivity index is 2.21. The van der Waals surface area contributed by atoms with Crippen molar-refractivity contribution in [3.05, 3.63) is 57.0 Å². The van der Waals surface area contributed by atoms with E-state index in [1.165, 1.54) is 6.07 Å². The third kappa shape index (κ3) is 4.41. The number of ether oxygens (including phenoxy) is 1. The van der Waals surface area contributed by atoms with Crippen LogP contribution in [0.25, 0.3) is 0 Å². The van der Waals surface area contributed by atoms with Gasteiger partial charge in [0.2, 0.25) is 0 Å². The normalized spacial score (nSPS) is 12.3. The van der Waals surface area contributed by atoms with Gasteiger partial charge in [0.1, 0.15) is 5.75 Å². The van der Waals surface area contributed by atoms with Gasteiger partial charge < -0.3 is 10.1 Å². The predicted molar refractivity (Wildman–Crippen MR) is 87.0 cm³/mol. The van der Waals surface area contributed by atoms with E-state index in [1.54, 1.807) is 18.2 Å². The van der Waals surface area contributed by atoms with E-state index >= 15 is 0 Å². The number of para-hydroxylation sites is 2. The Labute approximate surface area is 138 Å². The fourth-order valence-corrected chi connectivity index (χ4v) is 3.34. The minimum atomic E-state index is -2.84. The molecule has 0 saturated carbocycles. The van der Waals surface area contributed by atoms with E-state index in [4.69, 9.17) is 0 Å². The Morgan fingerprint density at radius 1 is 1.10 bits per heavy atom. The fourth-order valence-electron chi connectivity index (χ4n) is 1.95. The molecule has 2 nitrogen and oxygen atoms in total. The summed E-state index contributed by atoms with van der Waals surface area (Å²) >= 11 is 6.90. The molecule has 1 N–H and O–H groups in total. The average Bonchev–Trinajstić information content (AvgIpc) is 2.40. The van der Waals surface area contributed by atoms with Crippen molar-refractivity contribution < 1.29 is 13.5 Å². The smallest absolute Gasteiger partial charge is 0.387 e. The Kier molecular flexibility index (Phi) is 5.58. The lowest BCUT2D eigenvalue weighted by Crippen LogP contribution is -2.10. The molecule has 1 unspecified atom stereocenters. The molecule has 0 bridgehead atoms. The predicted octanol–water partition coefficient (Wildman–Crippen LogP) is 5.99. The zero-order valence-corrected chi connectivity index (χ0v) is 14.3. The molecule has 112 valence electrons. The van der Waals surface area contributed by atoms with Gasteiger partial charge >= 0.3 is 6.61 Å². The lowest BCUT2D eigenvalue weighted by molar-refractivity contribution is -0.0493. The van der Waals surface area contributed by atoms with Gasteiger partial charge in [-0.25, -0.2) is 0 Å². The number of nitrogens with one attached hydrogen (secondary N) is 1. The number of rotatable bonds is 5. The maximum absolute atomic E-state index is 12.4. The highest BCUT2D eigenvalue weighted by molar-refractivity contribution is 9.11. The van der Waals surface area contributed by atoms with Crippen LogP contribution in [0.3, 0.4) is 0 Å². The van der Waals surface area contributed by atoms with Crippen molar-refractivity contribution in [1.29, 1.82) is 0 Å². The van der Waals surface area contributed by atoms with Gasteiger partial charge in [-0.05, 0) is 36.8 Å². The van der Waals surface area contributed by atoms with Crippen LogP contribution in [-0.4, -0.2) is 6.61 Å². The summed E-state index contributed by atoms with van der Waals surface area (Å²) in [6, 6.07) is 12.4. The molecule has 1 atom stereocenters. The third-order valence-corrected chi connectivity index (χ3v) is 4.08. The summed E-state index contributed by atoms with van der Waals surface area (Å²) in [6.45, 7) is -0.893. The molecule has 2 aromatic rings. The van der Waals surface area contributed by atoms with Crippen LogP contribution in [0.4, 0.5) is 14.5 Å². The molecule has 0 aromatic heterocycles. The van der Waals surface area contributed by atoms with Gasteiger partial charge in [-0.3, -0.25) is 0 Å². The summed E-state index contributed by atoms with van der Waals surface area (Å²) in [5.74, 6) is 0.132. The molecular formula is C15H13Br2F2NO. The molecule has 0 heterocycles. The Morgan fingerprint density at radius 2 is 1.81 bits per heavy atom. The van der Waals surface area contributed by atoms with Crippen molar-refractivity contribution in [1.82, 2.24) is 0 Å². The van der Waals surface area contributed by atoms with Crippen LogP contribution < -0.4 is 10.1 Å². The monoisotopic (exact) mass is 419 g/mol. The summed E-state index contributed by atoms with van der Waals surface area (Å²) in [4.78, 5) is 0. The Morgan fingerprint density at radius 3 is 2.48 bits per heavy atom. The lowest BCUT2D eigenvalue weighted by Gasteiger charge is -2.19. The van der Waals surface area contributed by atoms with Crippen molar-refractivity contribution in [3.8, 4) is 5.75 Å². The molecule has 0 aliphatic heterocycles. The van der Waals surface area contributed by atoms with Gasteiger partial charge in [0.25, 0.3) is 0 Å². The second-order valence-electron chi connectivity index (χ2n) is 4.41. The van der Waals surface area contributed by atoms with E-state index in [2.05, 4.69) is 41.9 Å². The zero-order valence-electron chi connectivity index (χ0n) is 11.1. The number of benzene rings is 2. The SMILES string of the molecule is CC(Nc1ccccc1OC(F)F)c1ccc(Br)cc1Br. The first-order chi connectivity index (χ1) is 9.97. The highest BCUT2D eigenvalue weighted by Crippen LogP contribution is 2.32. The summed E-state index contributed by atoms with van der Waals surface area (Å²) in [6.07, 6.45) is 0. The van der Waals surface area contributed by atoms with Crippen LogP contribution in [0, 0.1) is 0 Å². The molecule has 0 amide bonds. The molecule has 0 saturated heterocycles. The van der Waals surface area contributed by atoms with Gasteiger partial charge in [-0.2, -0.15) is 8.78 Å². The van der Waals surface area contributed by atoms with Crippen LogP contribution in [0.15, 0.2) is 51.4 Å². The molecule has 2 rings (SSSR count). The van der Waals surface area contributed by atoms with Crippen LogP contribution in [0.5, 0.6) is 5.75 Å².